The maximum absolute atomic E-state index is 14.0. The molecule has 3 heterocycles. The summed E-state index contributed by atoms with van der Waals surface area (Å²) in [5, 5.41) is 6.33. The van der Waals surface area contributed by atoms with Crippen molar-refractivity contribution in [2.45, 2.75) is 13.8 Å². The summed E-state index contributed by atoms with van der Waals surface area (Å²) in [7, 11) is 1.63. The summed E-state index contributed by atoms with van der Waals surface area (Å²) in [4.78, 5) is 29.0. The maximum atomic E-state index is 14.0. The highest BCUT2D eigenvalue weighted by Crippen LogP contribution is 2.35. The molecule has 5 rings (SSSR count). The number of aromatic nitrogens is 3. The van der Waals surface area contributed by atoms with Gasteiger partial charge in [-0.2, -0.15) is 4.98 Å². The quantitative estimate of drug-likeness (QED) is 0.250. The number of piperazine rings is 1. The molecule has 0 spiro atoms. The number of nitrogens with two attached hydrogens (primary N) is 1. The van der Waals surface area contributed by atoms with E-state index in [2.05, 4.69) is 55.3 Å². The Bertz CT molecular complexity index is 1430. The van der Waals surface area contributed by atoms with Gasteiger partial charge in [-0.25, -0.2) is 9.37 Å². The molecule has 0 aromatic heterocycles. The molecule has 1 saturated heterocycles. The Kier molecular flexibility index (Phi) is 7.51. The van der Waals surface area contributed by atoms with Crippen LogP contribution in [0, 0.1) is 11.7 Å². The van der Waals surface area contributed by atoms with Crippen LogP contribution >= 0.6 is 0 Å². The Morgan fingerprint density at radius 1 is 1.10 bits per heavy atom. The maximum Gasteiger partial charge on any atom is 0.250 e. The molecule has 0 radical (unpaired) electrons. The Morgan fingerprint density at radius 2 is 1.90 bits per heavy atom. The molecule has 0 atom stereocenters. The number of benzene rings is 2. The summed E-state index contributed by atoms with van der Waals surface area (Å²) in [6, 6.07) is 11.5. The molecule has 39 heavy (non-hydrogen) atoms. The van der Waals surface area contributed by atoms with Crippen molar-refractivity contribution in [1.82, 2.24) is 19.9 Å². The van der Waals surface area contributed by atoms with Crippen LogP contribution in [-0.2, 0) is 0 Å². The van der Waals surface area contributed by atoms with Crippen LogP contribution in [0.3, 0.4) is 0 Å². The van der Waals surface area contributed by atoms with Gasteiger partial charge in [-0.05, 0) is 42.3 Å². The number of nitrogens with zero attached hydrogens (tertiary/aromatic N) is 4. The Labute approximate surface area is 226 Å². The minimum atomic E-state index is -0.679. The van der Waals surface area contributed by atoms with Crippen molar-refractivity contribution in [2.24, 2.45) is 11.7 Å². The zero-order valence-electron chi connectivity index (χ0n) is 22.3. The molecule has 204 valence electrons. The first-order valence-electron chi connectivity index (χ1n) is 12.9. The number of hydrogen-bond acceptors (Lipinski definition) is 8. The summed E-state index contributed by atoms with van der Waals surface area (Å²) >= 11 is 0. The first-order chi connectivity index (χ1) is 18.8. The minimum Gasteiger partial charge on any atom is -0.494 e. The first-order valence-corrected chi connectivity index (χ1v) is 12.9. The van der Waals surface area contributed by atoms with Crippen LogP contribution in [0.5, 0.6) is 5.75 Å². The second kappa shape index (κ2) is 11.2. The molecule has 1 fully saturated rings. The zero-order chi connectivity index (χ0) is 27.5. The average molecular weight is 533 g/mol. The van der Waals surface area contributed by atoms with Crippen molar-refractivity contribution < 1.29 is 13.9 Å². The molecule has 2 aromatic carbocycles. The third-order valence-electron chi connectivity index (χ3n) is 6.71. The molecule has 11 heteroatoms. The predicted octanol–water partition coefficient (Wildman–Crippen LogP) is 4.42. The molecule has 5 N–H and O–H groups in total. The lowest BCUT2D eigenvalue weighted by Gasteiger charge is -2.37. The van der Waals surface area contributed by atoms with E-state index in [0.717, 1.165) is 38.4 Å². The first kappa shape index (κ1) is 26.2. The van der Waals surface area contributed by atoms with E-state index in [1.165, 1.54) is 18.2 Å². The molecule has 0 unspecified atom stereocenters. The Balaban J connectivity index is 1.39. The number of halogens is 1. The molecule has 10 nitrogen and oxygen atoms in total. The number of methoxy groups -OCH3 is 1. The van der Waals surface area contributed by atoms with Crippen LogP contribution in [0.25, 0.3) is 11.4 Å². The molecule has 1 amide bonds. The number of amides is 1. The zero-order valence-corrected chi connectivity index (χ0v) is 22.3. The highest BCUT2D eigenvalue weighted by molar-refractivity contribution is 5.99. The van der Waals surface area contributed by atoms with E-state index in [1.54, 1.807) is 19.4 Å². The summed E-state index contributed by atoms with van der Waals surface area (Å²) in [6.45, 7) is 9.60. The third-order valence-corrected chi connectivity index (χ3v) is 6.71. The molecular weight excluding hydrogens is 499 g/mol. The number of aromatic amines is 1. The minimum absolute atomic E-state index is 0.149. The molecule has 0 saturated carbocycles. The standard InChI is InChI=1S/C28H33FN8O2/c1-17(2)16-36-10-12-37(13-11-36)19-5-7-22(24(15-19)39-3)33-28-34-26-21(8-9-31-26)27(35-28)32-23-14-18(29)4-6-20(23)25(30)38/h4-9,14-15,17H,10-13,16H2,1-3H3,(H2,30,38)(H3,31,32,33,34,35). The number of ether oxygens (including phenoxy) is 1. The number of nitrogens with one attached hydrogen (secondary N) is 3. The Morgan fingerprint density at radius 3 is 2.62 bits per heavy atom. The lowest BCUT2D eigenvalue weighted by Crippen LogP contribution is -2.47. The van der Waals surface area contributed by atoms with E-state index < -0.39 is 11.7 Å². The van der Waals surface area contributed by atoms with Crippen LogP contribution in [0.4, 0.5) is 33.2 Å². The van der Waals surface area contributed by atoms with Gasteiger partial charge >= 0.3 is 0 Å². The lowest BCUT2D eigenvalue weighted by atomic mass is 10.1. The lowest BCUT2D eigenvalue weighted by molar-refractivity contribution is 0.100. The van der Waals surface area contributed by atoms with Gasteiger partial charge in [0.15, 0.2) is 0 Å². The average Bonchev–Trinajstić information content (AvgIpc) is 3.38. The van der Waals surface area contributed by atoms with Gasteiger partial charge in [0.05, 0.1) is 29.6 Å². The number of fused-ring (bicyclic) bond motifs is 1. The second-order valence-corrected chi connectivity index (χ2v) is 10.0. The molecule has 3 aliphatic heterocycles. The number of H-pyrrole nitrogens is 1. The van der Waals surface area contributed by atoms with Gasteiger partial charge in [0.1, 0.15) is 23.2 Å². The number of anilines is 5. The third kappa shape index (κ3) is 5.88. The fourth-order valence-electron chi connectivity index (χ4n) is 4.87. The van der Waals surface area contributed by atoms with E-state index in [9.17, 15) is 9.18 Å². The van der Waals surface area contributed by atoms with Gasteiger partial charge in [0.2, 0.25) is 5.95 Å². The molecule has 0 aliphatic carbocycles. The van der Waals surface area contributed by atoms with Gasteiger partial charge in [-0.15, -0.1) is 0 Å². The predicted molar refractivity (Wildman–Crippen MR) is 151 cm³/mol. The van der Waals surface area contributed by atoms with Crippen molar-refractivity contribution in [3.8, 4) is 17.1 Å². The number of hydrogen-bond donors (Lipinski definition) is 4. The van der Waals surface area contributed by atoms with Gasteiger partial charge in [0, 0.05) is 50.7 Å². The van der Waals surface area contributed by atoms with Crippen molar-refractivity contribution in [3.05, 3.63) is 60.0 Å². The molecule has 3 aliphatic rings. The van der Waals surface area contributed by atoms with E-state index in [1.807, 2.05) is 12.1 Å². The van der Waals surface area contributed by atoms with Crippen LogP contribution in [-0.4, -0.2) is 65.6 Å². The van der Waals surface area contributed by atoms with Gasteiger partial charge in [-0.3, -0.25) is 9.69 Å². The van der Waals surface area contributed by atoms with Gasteiger partial charge in [0.25, 0.3) is 5.91 Å². The monoisotopic (exact) mass is 532 g/mol. The topological polar surface area (TPSA) is 124 Å². The summed E-state index contributed by atoms with van der Waals surface area (Å²) in [5.74, 6) is 1.46. The van der Waals surface area contributed by atoms with Crippen molar-refractivity contribution in [1.29, 1.82) is 0 Å². The highest BCUT2D eigenvalue weighted by atomic mass is 19.1. The van der Waals surface area contributed by atoms with Gasteiger partial charge in [-0.1, -0.05) is 13.8 Å². The van der Waals surface area contributed by atoms with Crippen LogP contribution < -0.4 is 26.0 Å². The second-order valence-electron chi connectivity index (χ2n) is 10.0. The van der Waals surface area contributed by atoms with E-state index >= 15 is 0 Å². The fraction of sp³-hybridized carbons (Fsp3) is 0.321. The normalized spacial score (nSPS) is 14.1. The summed E-state index contributed by atoms with van der Waals surface area (Å²) < 4.78 is 19.7. The number of primary amides is 1. The van der Waals surface area contributed by atoms with Crippen LogP contribution in [0.15, 0.2) is 48.7 Å². The van der Waals surface area contributed by atoms with E-state index in [0.29, 0.717) is 40.5 Å². The molecular formula is C28H33FN8O2. The molecule has 0 bridgehead atoms. The smallest absolute Gasteiger partial charge is 0.250 e. The van der Waals surface area contributed by atoms with Crippen molar-refractivity contribution >= 4 is 34.7 Å². The Hall–Kier alpha value is -4.38. The highest BCUT2D eigenvalue weighted by Gasteiger charge is 2.20. The largest absolute Gasteiger partial charge is 0.494 e. The fourth-order valence-corrected chi connectivity index (χ4v) is 4.87. The SMILES string of the molecule is COc1cc(N2CCN(CC(C)C)CC2)ccc1Nc1nc(Nc2cc(F)ccc2C(N)=O)c2ccnc-2[nH]1. The van der Waals surface area contributed by atoms with Crippen LogP contribution in [0.2, 0.25) is 0 Å². The summed E-state index contributed by atoms with van der Waals surface area (Å²) in [6.07, 6.45) is 1.63. The van der Waals surface area contributed by atoms with Crippen LogP contribution in [0.1, 0.15) is 24.2 Å². The van der Waals surface area contributed by atoms with E-state index in [-0.39, 0.29) is 11.3 Å². The van der Waals surface area contributed by atoms with E-state index in [4.69, 9.17) is 10.5 Å². The summed E-state index contributed by atoms with van der Waals surface area (Å²) in [5.41, 5.74) is 8.33. The number of carbonyl (C=O) groups is 1. The molecule has 2 aromatic rings. The van der Waals surface area contributed by atoms with Gasteiger partial charge < -0.3 is 31.0 Å². The number of carbonyl (C=O) groups excluding carboxylic acids is 1. The van der Waals surface area contributed by atoms with Crippen molar-refractivity contribution in [3.63, 3.8) is 0 Å². The number of rotatable bonds is 9. The van der Waals surface area contributed by atoms with Crippen molar-refractivity contribution in [2.75, 3.05) is 55.4 Å².